The van der Waals surface area contributed by atoms with Crippen molar-refractivity contribution < 1.29 is 8.42 Å². The molecule has 0 aliphatic rings. The molecule has 1 aromatic rings. The van der Waals surface area contributed by atoms with Crippen molar-refractivity contribution in [1.82, 2.24) is 14.3 Å². The zero-order valence-electron chi connectivity index (χ0n) is 7.59. The van der Waals surface area contributed by atoms with E-state index in [0.717, 1.165) is 10.00 Å². The maximum Gasteiger partial charge on any atom is 0.299 e. The molecular formula is C7H10ClN3O2S. The fourth-order valence-electron chi connectivity index (χ4n) is 0.840. The van der Waals surface area contributed by atoms with Crippen LogP contribution in [0.25, 0.3) is 0 Å². The Hall–Kier alpha value is -0.720. The molecule has 0 radical (unpaired) electrons. The second-order valence-electron chi connectivity index (χ2n) is 2.71. The highest BCUT2D eigenvalue weighted by Crippen LogP contribution is 2.04. The third-order valence-corrected chi connectivity index (χ3v) is 3.31. The molecule has 14 heavy (non-hydrogen) atoms. The van der Waals surface area contributed by atoms with Gasteiger partial charge in [-0.2, -0.15) is 12.7 Å². The zero-order chi connectivity index (χ0) is 10.6. The highest BCUT2D eigenvalue weighted by atomic mass is 35.7. The Kier molecular flexibility index (Phi) is 3.79. The second-order valence-corrected chi connectivity index (χ2v) is 5.33. The second kappa shape index (κ2) is 4.68. The third kappa shape index (κ3) is 3.57. The molecule has 1 heterocycles. The summed E-state index contributed by atoms with van der Waals surface area (Å²) in [5.41, 5.74) is 0.736. The molecule has 0 saturated heterocycles. The van der Waals surface area contributed by atoms with E-state index in [9.17, 15) is 8.42 Å². The van der Waals surface area contributed by atoms with Gasteiger partial charge in [0.15, 0.2) is 0 Å². The summed E-state index contributed by atoms with van der Waals surface area (Å²) in [6, 6.07) is 0. The number of hydrogen-bond acceptors (Lipinski definition) is 4. The first-order chi connectivity index (χ1) is 6.50. The van der Waals surface area contributed by atoms with E-state index in [1.165, 1.54) is 7.05 Å². The number of nitrogens with zero attached hydrogens (tertiary/aromatic N) is 3. The molecule has 1 aromatic heterocycles. The molecule has 0 bridgehead atoms. The van der Waals surface area contributed by atoms with Gasteiger partial charge in [0.1, 0.15) is 0 Å². The average Bonchev–Trinajstić information content (AvgIpc) is 2.14. The summed E-state index contributed by atoms with van der Waals surface area (Å²) >= 11 is 0. The van der Waals surface area contributed by atoms with Crippen LogP contribution >= 0.6 is 10.7 Å². The van der Waals surface area contributed by atoms with Crippen molar-refractivity contribution >= 4 is 19.9 Å². The topological polar surface area (TPSA) is 63.2 Å². The molecule has 0 saturated carbocycles. The van der Waals surface area contributed by atoms with Gasteiger partial charge in [-0.25, -0.2) is 0 Å². The SMILES string of the molecule is CN(CCc1cnccn1)S(=O)(=O)Cl. The summed E-state index contributed by atoms with van der Waals surface area (Å²) in [6.45, 7) is 0.296. The van der Waals surface area contributed by atoms with E-state index < -0.39 is 9.24 Å². The summed E-state index contributed by atoms with van der Waals surface area (Å²) in [4.78, 5) is 7.87. The van der Waals surface area contributed by atoms with E-state index in [-0.39, 0.29) is 0 Å². The summed E-state index contributed by atoms with van der Waals surface area (Å²) in [6.07, 6.45) is 5.21. The van der Waals surface area contributed by atoms with Crippen LogP contribution in [0.2, 0.25) is 0 Å². The molecule has 5 nitrogen and oxygen atoms in total. The van der Waals surface area contributed by atoms with E-state index in [1.54, 1.807) is 18.6 Å². The van der Waals surface area contributed by atoms with Crippen LogP contribution in [-0.4, -0.2) is 36.3 Å². The Balaban J connectivity index is 2.50. The lowest BCUT2D eigenvalue weighted by molar-refractivity contribution is 0.484. The van der Waals surface area contributed by atoms with Crippen LogP contribution in [-0.2, 0) is 15.7 Å². The van der Waals surface area contributed by atoms with E-state index in [2.05, 4.69) is 9.97 Å². The van der Waals surface area contributed by atoms with E-state index in [4.69, 9.17) is 10.7 Å². The van der Waals surface area contributed by atoms with Crippen LogP contribution in [0.15, 0.2) is 18.6 Å². The highest BCUT2D eigenvalue weighted by molar-refractivity contribution is 8.11. The summed E-state index contributed by atoms with van der Waals surface area (Å²) in [5.74, 6) is 0. The lowest BCUT2D eigenvalue weighted by atomic mass is 10.3. The fourth-order valence-corrected chi connectivity index (χ4v) is 1.36. The number of rotatable bonds is 4. The molecule has 78 valence electrons. The Morgan fingerprint density at radius 3 is 2.71 bits per heavy atom. The molecule has 0 fully saturated rings. The van der Waals surface area contributed by atoms with Crippen molar-refractivity contribution in [1.29, 1.82) is 0 Å². The van der Waals surface area contributed by atoms with Gasteiger partial charge in [0.05, 0.1) is 5.69 Å². The zero-order valence-corrected chi connectivity index (χ0v) is 9.16. The number of likely N-dealkylation sites (N-methyl/N-ethyl adjacent to an activating group) is 1. The highest BCUT2D eigenvalue weighted by Gasteiger charge is 2.12. The summed E-state index contributed by atoms with van der Waals surface area (Å²) in [7, 11) is 2.91. The molecule has 0 aliphatic carbocycles. The first-order valence-corrected chi connectivity index (χ1v) is 6.17. The first kappa shape index (κ1) is 11.4. The minimum absolute atomic E-state index is 0.296. The Morgan fingerprint density at radius 1 is 1.50 bits per heavy atom. The van der Waals surface area contributed by atoms with E-state index >= 15 is 0 Å². The third-order valence-electron chi connectivity index (χ3n) is 1.67. The van der Waals surface area contributed by atoms with Crippen LogP contribution in [0.1, 0.15) is 5.69 Å². The molecule has 0 N–H and O–H groups in total. The van der Waals surface area contributed by atoms with Crippen molar-refractivity contribution in [3.05, 3.63) is 24.3 Å². The molecule has 0 atom stereocenters. The van der Waals surface area contributed by atoms with Crippen LogP contribution in [0.3, 0.4) is 0 Å². The molecule has 1 rings (SSSR count). The van der Waals surface area contributed by atoms with Gasteiger partial charge in [-0.15, -0.1) is 0 Å². The molecule has 0 amide bonds. The minimum Gasteiger partial charge on any atom is -0.261 e. The normalized spacial score (nSPS) is 11.9. The lowest BCUT2D eigenvalue weighted by Crippen LogP contribution is -2.24. The lowest BCUT2D eigenvalue weighted by Gasteiger charge is -2.10. The van der Waals surface area contributed by atoms with Crippen molar-refractivity contribution in [2.24, 2.45) is 0 Å². The Morgan fingerprint density at radius 2 is 2.21 bits per heavy atom. The monoisotopic (exact) mass is 235 g/mol. The summed E-state index contributed by atoms with van der Waals surface area (Å²) < 4.78 is 22.7. The van der Waals surface area contributed by atoms with E-state index in [0.29, 0.717) is 13.0 Å². The van der Waals surface area contributed by atoms with Gasteiger partial charge in [0.25, 0.3) is 9.24 Å². The molecule has 0 unspecified atom stereocenters. The van der Waals surface area contributed by atoms with Gasteiger partial charge in [0, 0.05) is 49.3 Å². The number of aromatic nitrogens is 2. The largest absolute Gasteiger partial charge is 0.299 e. The van der Waals surface area contributed by atoms with Gasteiger partial charge >= 0.3 is 0 Å². The van der Waals surface area contributed by atoms with Crippen LogP contribution in [0.5, 0.6) is 0 Å². The fraction of sp³-hybridized carbons (Fsp3) is 0.429. The first-order valence-electron chi connectivity index (χ1n) is 3.91. The van der Waals surface area contributed by atoms with Gasteiger partial charge in [-0.1, -0.05) is 0 Å². The predicted molar refractivity (Wildman–Crippen MR) is 53.1 cm³/mol. The van der Waals surface area contributed by atoms with Crippen LogP contribution in [0, 0.1) is 0 Å². The smallest absolute Gasteiger partial charge is 0.261 e. The van der Waals surface area contributed by atoms with Crippen molar-refractivity contribution in [3.63, 3.8) is 0 Å². The quantitative estimate of drug-likeness (QED) is 0.711. The molecule has 0 aliphatic heterocycles. The maximum atomic E-state index is 10.8. The van der Waals surface area contributed by atoms with Crippen LogP contribution in [0.4, 0.5) is 0 Å². The van der Waals surface area contributed by atoms with Gasteiger partial charge < -0.3 is 0 Å². The number of halogens is 1. The predicted octanol–water partition coefficient (Wildman–Crippen LogP) is 0.435. The standard InChI is InChI=1S/C7H10ClN3O2S/c1-11(14(8,12)13)5-2-7-6-9-3-4-10-7/h3-4,6H,2,5H2,1H3. The van der Waals surface area contributed by atoms with Crippen molar-refractivity contribution in [3.8, 4) is 0 Å². The minimum atomic E-state index is -3.62. The van der Waals surface area contributed by atoms with Crippen molar-refractivity contribution in [2.75, 3.05) is 13.6 Å². The molecule has 0 aromatic carbocycles. The van der Waals surface area contributed by atoms with Gasteiger partial charge in [0.2, 0.25) is 0 Å². The Labute approximate surface area is 87.3 Å². The van der Waals surface area contributed by atoms with Gasteiger partial charge in [-0.3, -0.25) is 9.97 Å². The maximum absolute atomic E-state index is 10.8. The summed E-state index contributed by atoms with van der Waals surface area (Å²) in [5, 5.41) is 0. The molecule has 0 spiro atoms. The number of hydrogen-bond donors (Lipinski definition) is 0. The van der Waals surface area contributed by atoms with Crippen molar-refractivity contribution in [2.45, 2.75) is 6.42 Å². The van der Waals surface area contributed by atoms with E-state index in [1.807, 2.05) is 0 Å². The molecular weight excluding hydrogens is 226 g/mol. The molecule has 7 heteroatoms. The van der Waals surface area contributed by atoms with Gasteiger partial charge in [-0.05, 0) is 0 Å². The van der Waals surface area contributed by atoms with Crippen LogP contribution < -0.4 is 0 Å². The Bertz CT molecular complexity index is 381. The average molecular weight is 236 g/mol.